The van der Waals surface area contributed by atoms with Crippen molar-refractivity contribution < 1.29 is 19.5 Å². The quantitative estimate of drug-likeness (QED) is 0.864. The van der Waals surface area contributed by atoms with Gasteiger partial charge in [-0.1, -0.05) is 32.9 Å². The predicted octanol–water partition coefficient (Wildman–Crippen LogP) is 2.27. The number of fused-ring (bicyclic) bond motifs is 1. The number of thioether (sulfide) groups is 1. The van der Waals surface area contributed by atoms with Crippen molar-refractivity contribution in [1.29, 1.82) is 0 Å². The molecule has 0 bridgehead atoms. The summed E-state index contributed by atoms with van der Waals surface area (Å²) in [6.07, 6.45) is 0. The molecule has 0 saturated heterocycles. The van der Waals surface area contributed by atoms with Gasteiger partial charge in [-0.3, -0.25) is 19.3 Å². The Kier molecular flexibility index (Phi) is 4.09. The van der Waals surface area contributed by atoms with Crippen LogP contribution in [0.3, 0.4) is 0 Å². The van der Waals surface area contributed by atoms with Crippen LogP contribution < -0.4 is 0 Å². The average molecular weight is 307 g/mol. The topological polar surface area (TPSA) is 74.7 Å². The molecule has 1 aromatic carbocycles. The normalized spacial score (nSPS) is 16.0. The third-order valence-corrected chi connectivity index (χ3v) is 4.34. The maximum Gasteiger partial charge on any atom is 0.318 e. The van der Waals surface area contributed by atoms with Gasteiger partial charge >= 0.3 is 5.97 Å². The molecule has 1 unspecified atom stereocenters. The summed E-state index contributed by atoms with van der Waals surface area (Å²) in [5.74, 6) is -1.86. The molecular formula is C15H17NO4S. The Morgan fingerprint density at radius 1 is 1.19 bits per heavy atom. The van der Waals surface area contributed by atoms with E-state index in [-0.39, 0.29) is 11.3 Å². The molecule has 1 heterocycles. The van der Waals surface area contributed by atoms with E-state index in [1.54, 1.807) is 24.3 Å². The molecule has 2 amide bonds. The van der Waals surface area contributed by atoms with Crippen molar-refractivity contribution in [1.82, 2.24) is 4.90 Å². The number of benzene rings is 1. The van der Waals surface area contributed by atoms with Crippen molar-refractivity contribution in [2.45, 2.75) is 30.8 Å². The first-order chi connectivity index (χ1) is 9.70. The molecule has 0 spiro atoms. The maximum absolute atomic E-state index is 12.2. The van der Waals surface area contributed by atoms with Gasteiger partial charge in [0.25, 0.3) is 11.8 Å². The lowest BCUT2D eigenvalue weighted by Gasteiger charge is -2.25. The molecule has 1 N–H and O–H groups in total. The zero-order chi connectivity index (χ0) is 15.8. The van der Waals surface area contributed by atoms with E-state index in [0.717, 1.165) is 4.90 Å². The van der Waals surface area contributed by atoms with Gasteiger partial charge in [0.05, 0.1) is 17.7 Å². The van der Waals surface area contributed by atoms with Gasteiger partial charge < -0.3 is 5.11 Å². The number of aliphatic carboxylic acids is 1. The highest BCUT2D eigenvalue weighted by Crippen LogP contribution is 2.31. The van der Waals surface area contributed by atoms with Crippen molar-refractivity contribution in [2.24, 2.45) is 0 Å². The Morgan fingerprint density at radius 2 is 1.67 bits per heavy atom. The van der Waals surface area contributed by atoms with Crippen LogP contribution in [0.2, 0.25) is 0 Å². The molecule has 1 atom stereocenters. The van der Waals surface area contributed by atoms with E-state index in [9.17, 15) is 19.5 Å². The van der Waals surface area contributed by atoms with Crippen LogP contribution in [0.15, 0.2) is 24.3 Å². The maximum atomic E-state index is 12.2. The average Bonchev–Trinajstić information content (AvgIpc) is 2.62. The van der Waals surface area contributed by atoms with Crippen LogP contribution in [0.4, 0.5) is 0 Å². The lowest BCUT2D eigenvalue weighted by Crippen LogP contribution is -2.40. The van der Waals surface area contributed by atoms with Gasteiger partial charge in [-0.05, 0) is 12.1 Å². The second kappa shape index (κ2) is 5.52. The van der Waals surface area contributed by atoms with E-state index in [1.165, 1.54) is 11.8 Å². The van der Waals surface area contributed by atoms with Gasteiger partial charge in [0.1, 0.15) is 5.25 Å². The molecule has 5 nitrogen and oxygen atoms in total. The van der Waals surface area contributed by atoms with Crippen LogP contribution in [-0.4, -0.2) is 44.3 Å². The zero-order valence-electron chi connectivity index (χ0n) is 12.1. The summed E-state index contributed by atoms with van der Waals surface area (Å²) in [5, 5.41) is 8.48. The lowest BCUT2D eigenvalue weighted by atomic mass is 10.1. The first-order valence-electron chi connectivity index (χ1n) is 6.56. The predicted molar refractivity (Wildman–Crippen MR) is 80.6 cm³/mol. The van der Waals surface area contributed by atoms with Crippen molar-refractivity contribution in [3.63, 3.8) is 0 Å². The minimum atomic E-state index is -1.02. The third kappa shape index (κ3) is 3.26. The Labute approximate surface area is 127 Å². The molecule has 0 aromatic heterocycles. The highest BCUT2D eigenvalue weighted by atomic mass is 32.2. The monoisotopic (exact) mass is 307 g/mol. The zero-order valence-corrected chi connectivity index (χ0v) is 12.9. The van der Waals surface area contributed by atoms with Gasteiger partial charge in [-0.25, -0.2) is 0 Å². The molecule has 0 fully saturated rings. The number of hydrogen-bond acceptors (Lipinski definition) is 4. The lowest BCUT2D eigenvalue weighted by molar-refractivity contribution is -0.136. The Morgan fingerprint density at radius 3 is 2.05 bits per heavy atom. The Bertz CT molecular complexity index is 571. The number of imide groups is 1. The fraction of sp³-hybridized carbons (Fsp3) is 0.400. The molecule has 1 aliphatic heterocycles. The van der Waals surface area contributed by atoms with E-state index in [0.29, 0.717) is 11.1 Å². The summed E-state index contributed by atoms with van der Waals surface area (Å²) >= 11 is 1.23. The fourth-order valence-electron chi connectivity index (χ4n) is 2.16. The van der Waals surface area contributed by atoms with E-state index in [1.807, 2.05) is 20.8 Å². The van der Waals surface area contributed by atoms with Crippen LogP contribution >= 0.6 is 11.8 Å². The SMILES string of the molecule is CC(C)(C)SC(CN1C(=O)c2ccccc2C1=O)C(=O)O. The number of carboxylic acids is 1. The summed E-state index contributed by atoms with van der Waals surface area (Å²) in [6.45, 7) is 5.57. The number of hydrogen-bond donors (Lipinski definition) is 1. The van der Waals surface area contributed by atoms with Crippen LogP contribution in [0.1, 0.15) is 41.5 Å². The number of carbonyl (C=O) groups excluding carboxylic acids is 2. The van der Waals surface area contributed by atoms with Crippen molar-refractivity contribution in [3.05, 3.63) is 35.4 Å². The third-order valence-electron chi connectivity index (χ3n) is 3.00. The van der Waals surface area contributed by atoms with Crippen LogP contribution in [0, 0.1) is 0 Å². The van der Waals surface area contributed by atoms with E-state index in [2.05, 4.69) is 0 Å². The van der Waals surface area contributed by atoms with E-state index in [4.69, 9.17) is 0 Å². The molecule has 0 aliphatic carbocycles. The number of carbonyl (C=O) groups is 3. The molecule has 6 heteroatoms. The molecule has 1 aliphatic rings. The van der Waals surface area contributed by atoms with Gasteiger partial charge in [0.15, 0.2) is 0 Å². The second-order valence-electron chi connectivity index (χ2n) is 5.82. The molecule has 112 valence electrons. The van der Waals surface area contributed by atoms with Gasteiger partial charge in [0.2, 0.25) is 0 Å². The van der Waals surface area contributed by atoms with Crippen LogP contribution in [0.5, 0.6) is 0 Å². The fourth-order valence-corrected chi connectivity index (χ4v) is 3.34. The summed E-state index contributed by atoms with van der Waals surface area (Å²) in [6, 6.07) is 6.54. The number of rotatable bonds is 4. The molecule has 2 rings (SSSR count). The Hall–Kier alpha value is -1.82. The van der Waals surface area contributed by atoms with Crippen LogP contribution in [-0.2, 0) is 4.79 Å². The van der Waals surface area contributed by atoms with Gasteiger partial charge in [-0.2, -0.15) is 0 Å². The molecule has 1 aromatic rings. The smallest absolute Gasteiger partial charge is 0.318 e. The Balaban J connectivity index is 2.22. The van der Waals surface area contributed by atoms with E-state index < -0.39 is 23.0 Å². The van der Waals surface area contributed by atoms with Crippen molar-refractivity contribution in [3.8, 4) is 0 Å². The summed E-state index contributed by atoms with van der Waals surface area (Å²) < 4.78 is -0.276. The van der Waals surface area contributed by atoms with Crippen molar-refractivity contribution >= 4 is 29.5 Å². The summed E-state index contributed by atoms with van der Waals surface area (Å²) in [4.78, 5) is 36.9. The summed E-state index contributed by atoms with van der Waals surface area (Å²) in [7, 11) is 0. The summed E-state index contributed by atoms with van der Waals surface area (Å²) in [5.41, 5.74) is 0.680. The molecule has 21 heavy (non-hydrogen) atoms. The highest BCUT2D eigenvalue weighted by Gasteiger charge is 2.38. The van der Waals surface area contributed by atoms with Gasteiger partial charge in [0, 0.05) is 4.75 Å². The minimum Gasteiger partial charge on any atom is -0.480 e. The van der Waals surface area contributed by atoms with Crippen molar-refractivity contribution in [2.75, 3.05) is 6.54 Å². The van der Waals surface area contributed by atoms with E-state index >= 15 is 0 Å². The number of carboxylic acid groups (broad SMARTS) is 1. The molecule has 0 radical (unpaired) electrons. The highest BCUT2D eigenvalue weighted by molar-refractivity contribution is 8.01. The first-order valence-corrected chi connectivity index (χ1v) is 7.44. The second-order valence-corrected chi connectivity index (χ2v) is 7.85. The minimum absolute atomic E-state index is 0.121. The first kappa shape index (κ1) is 15.6. The molecular weight excluding hydrogens is 290 g/mol. The number of nitrogens with zero attached hydrogens (tertiary/aromatic N) is 1. The number of amides is 2. The largest absolute Gasteiger partial charge is 0.480 e. The molecule has 0 saturated carbocycles. The standard InChI is InChI=1S/C15H17NO4S/c1-15(2,3)21-11(14(19)20)8-16-12(17)9-6-4-5-7-10(9)13(16)18/h4-7,11H,8H2,1-3H3,(H,19,20). The van der Waals surface area contributed by atoms with Crippen LogP contribution in [0.25, 0.3) is 0 Å². The van der Waals surface area contributed by atoms with Gasteiger partial charge in [-0.15, -0.1) is 11.8 Å².